The highest BCUT2D eigenvalue weighted by atomic mass is 16.5. The van der Waals surface area contributed by atoms with Crippen LogP contribution in [0.3, 0.4) is 0 Å². The Hall–Kier alpha value is -3.14. The quantitative estimate of drug-likeness (QED) is 0.271. The van der Waals surface area contributed by atoms with Gasteiger partial charge in [-0.05, 0) is 67.0 Å². The molecule has 2 aromatic rings. The van der Waals surface area contributed by atoms with Gasteiger partial charge < -0.3 is 9.47 Å². The summed E-state index contributed by atoms with van der Waals surface area (Å²) in [6, 6.07) is 14.2. The second-order valence-electron chi connectivity index (χ2n) is 8.01. The van der Waals surface area contributed by atoms with E-state index < -0.39 is 5.97 Å². The molecule has 0 bridgehead atoms. The normalized spacial score (nSPS) is 20.8. The van der Waals surface area contributed by atoms with Crippen LogP contribution >= 0.6 is 0 Å². The standard InChI is InChI=1S/C26H28O4/c1-18-5-11-22(12-6-18)26(28)30-24-13-8-21(9-14-24)10-15-25(27)29-17-23-16-19(2)4-7-20(23)3/h4-15,19-20,23H,16-17H2,1-3H3/b15-10+. The molecule has 0 amide bonds. The lowest BCUT2D eigenvalue weighted by Gasteiger charge is -2.27. The third-order valence-corrected chi connectivity index (χ3v) is 5.39. The molecule has 3 unspecified atom stereocenters. The van der Waals surface area contributed by atoms with E-state index in [9.17, 15) is 9.59 Å². The van der Waals surface area contributed by atoms with E-state index in [1.165, 1.54) is 6.08 Å². The Morgan fingerprint density at radius 3 is 2.40 bits per heavy atom. The molecule has 30 heavy (non-hydrogen) atoms. The van der Waals surface area contributed by atoms with Crippen LogP contribution < -0.4 is 4.74 Å². The molecule has 0 spiro atoms. The fraction of sp³-hybridized carbons (Fsp3) is 0.308. The third kappa shape index (κ3) is 6.18. The first-order chi connectivity index (χ1) is 14.4. The minimum absolute atomic E-state index is 0.348. The van der Waals surface area contributed by atoms with Crippen molar-refractivity contribution >= 4 is 18.0 Å². The molecule has 0 aliphatic heterocycles. The van der Waals surface area contributed by atoms with Crippen LogP contribution in [0, 0.1) is 24.7 Å². The molecule has 0 radical (unpaired) electrons. The first kappa shape index (κ1) is 21.6. The summed E-state index contributed by atoms with van der Waals surface area (Å²) >= 11 is 0. The number of esters is 2. The topological polar surface area (TPSA) is 52.6 Å². The second kappa shape index (κ2) is 10.1. The lowest BCUT2D eigenvalue weighted by molar-refractivity contribution is -0.139. The molecule has 4 heteroatoms. The highest BCUT2D eigenvalue weighted by molar-refractivity contribution is 5.91. The van der Waals surface area contributed by atoms with Gasteiger partial charge in [0.2, 0.25) is 0 Å². The van der Waals surface area contributed by atoms with Gasteiger partial charge in [-0.1, -0.05) is 55.8 Å². The molecule has 2 aromatic carbocycles. The minimum atomic E-state index is -0.400. The van der Waals surface area contributed by atoms with Crippen LogP contribution in [-0.2, 0) is 9.53 Å². The van der Waals surface area contributed by atoms with Crippen LogP contribution in [0.2, 0.25) is 0 Å². The average Bonchev–Trinajstić information content (AvgIpc) is 2.74. The van der Waals surface area contributed by atoms with Crippen LogP contribution in [-0.4, -0.2) is 18.5 Å². The summed E-state index contributed by atoms with van der Waals surface area (Å²) in [5.41, 5.74) is 2.41. The first-order valence-electron chi connectivity index (χ1n) is 10.3. The van der Waals surface area contributed by atoms with Gasteiger partial charge in [0.1, 0.15) is 5.75 Å². The van der Waals surface area contributed by atoms with E-state index in [1.807, 2.05) is 19.1 Å². The van der Waals surface area contributed by atoms with Gasteiger partial charge in [-0.15, -0.1) is 0 Å². The Balaban J connectivity index is 1.49. The fourth-order valence-electron chi connectivity index (χ4n) is 3.42. The zero-order valence-corrected chi connectivity index (χ0v) is 17.7. The largest absolute Gasteiger partial charge is 0.462 e. The number of ether oxygens (including phenoxy) is 2. The Morgan fingerprint density at radius 1 is 1.00 bits per heavy atom. The Kier molecular flexibility index (Phi) is 7.23. The molecule has 3 atom stereocenters. The summed E-state index contributed by atoms with van der Waals surface area (Å²) in [5, 5.41) is 0. The van der Waals surface area contributed by atoms with Gasteiger partial charge in [0.15, 0.2) is 0 Å². The van der Waals surface area contributed by atoms with Crippen molar-refractivity contribution in [3.63, 3.8) is 0 Å². The Bertz CT molecular complexity index is 923. The molecule has 1 aliphatic carbocycles. The highest BCUT2D eigenvalue weighted by Crippen LogP contribution is 2.28. The maximum absolute atomic E-state index is 12.2. The van der Waals surface area contributed by atoms with E-state index in [4.69, 9.17) is 9.47 Å². The van der Waals surface area contributed by atoms with Crippen LogP contribution in [0.25, 0.3) is 6.08 Å². The second-order valence-corrected chi connectivity index (χ2v) is 8.01. The molecule has 0 fully saturated rings. The number of hydrogen-bond donors (Lipinski definition) is 0. The zero-order valence-electron chi connectivity index (χ0n) is 17.7. The average molecular weight is 405 g/mol. The number of carbonyl (C=O) groups excluding carboxylic acids is 2. The molecule has 4 nitrogen and oxygen atoms in total. The highest BCUT2D eigenvalue weighted by Gasteiger charge is 2.22. The van der Waals surface area contributed by atoms with Crippen molar-refractivity contribution in [3.05, 3.63) is 83.4 Å². The molecule has 1 aliphatic rings. The van der Waals surface area contributed by atoms with Crippen molar-refractivity contribution < 1.29 is 19.1 Å². The SMILES string of the molecule is Cc1ccc(C(=O)Oc2ccc(/C=C/C(=O)OCC3CC(C)C=CC3C)cc2)cc1. The summed E-state index contributed by atoms with van der Waals surface area (Å²) in [4.78, 5) is 24.2. The molecule has 3 rings (SSSR count). The van der Waals surface area contributed by atoms with E-state index in [0.29, 0.717) is 35.7 Å². The lowest BCUT2D eigenvalue weighted by Crippen LogP contribution is -2.23. The zero-order chi connectivity index (χ0) is 21.5. The monoisotopic (exact) mass is 404 g/mol. The summed E-state index contributed by atoms with van der Waals surface area (Å²) in [5.74, 6) is 1.02. The van der Waals surface area contributed by atoms with E-state index in [0.717, 1.165) is 17.5 Å². The predicted molar refractivity (Wildman–Crippen MR) is 118 cm³/mol. The maximum atomic E-state index is 12.2. The maximum Gasteiger partial charge on any atom is 0.343 e. The summed E-state index contributed by atoms with van der Waals surface area (Å²) < 4.78 is 10.8. The molecular weight excluding hydrogens is 376 g/mol. The molecule has 0 N–H and O–H groups in total. The Morgan fingerprint density at radius 2 is 1.70 bits per heavy atom. The first-order valence-corrected chi connectivity index (χ1v) is 10.3. The minimum Gasteiger partial charge on any atom is -0.462 e. The van der Waals surface area contributed by atoms with Gasteiger partial charge in [-0.2, -0.15) is 0 Å². The third-order valence-electron chi connectivity index (χ3n) is 5.39. The van der Waals surface area contributed by atoms with Gasteiger partial charge in [0.25, 0.3) is 0 Å². The molecule has 0 heterocycles. The van der Waals surface area contributed by atoms with Crippen molar-refractivity contribution in [2.45, 2.75) is 27.2 Å². The van der Waals surface area contributed by atoms with Crippen molar-refractivity contribution in [1.82, 2.24) is 0 Å². The van der Waals surface area contributed by atoms with Crippen LogP contribution in [0.5, 0.6) is 5.75 Å². The fourth-order valence-corrected chi connectivity index (χ4v) is 3.42. The summed E-state index contributed by atoms with van der Waals surface area (Å²) in [7, 11) is 0. The van der Waals surface area contributed by atoms with Crippen LogP contribution in [0.1, 0.15) is 41.8 Å². The summed E-state index contributed by atoms with van der Waals surface area (Å²) in [6.45, 7) is 6.74. The van der Waals surface area contributed by atoms with Crippen molar-refractivity contribution in [3.8, 4) is 5.75 Å². The number of allylic oxidation sites excluding steroid dienone is 2. The van der Waals surface area contributed by atoms with Crippen molar-refractivity contribution in [1.29, 1.82) is 0 Å². The van der Waals surface area contributed by atoms with E-state index >= 15 is 0 Å². The summed E-state index contributed by atoms with van der Waals surface area (Å²) in [6.07, 6.45) is 8.60. The van der Waals surface area contributed by atoms with Gasteiger partial charge in [0.05, 0.1) is 12.2 Å². The molecule has 0 saturated heterocycles. The number of rotatable bonds is 6. The molecule has 0 aromatic heterocycles. The molecule has 0 saturated carbocycles. The Labute approximate surface area is 178 Å². The van der Waals surface area contributed by atoms with E-state index in [2.05, 4.69) is 26.0 Å². The predicted octanol–water partition coefficient (Wildman–Crippen LogP) is 5.62. The van der Waals surface area contributed by atoms with Gasteiger partial charge in [-0.25, -0.2) is 9.59 Å². The smallest absolute Gasteiger partial charge is 0.343 e. The van der Waals surface area contributed by atoms with Gasteiger partial charge >= 0.3 is 11.9 Å². The number of carbonyl (C=O) groups is 2. The number of aryl methyl sites for hydroxylation is 1. The van der Waals surface area contributed by atoms with Crippen LogP contribution in [0.15, 0.2) is 66.8 Å². The molecule has 156 valence electrons. The van der Waals surface area contributed by atoms with Crippen molar-refractivity contribution in [2.24, 2.45) is 17.8 Å². The van der Waals surface area contributed by atoms with Gasteiger partial charge in [-0.3, -0.25) is 0 Å². The number of benzene rings is 2. The van der Waals surface area contributed by atoms with E-state index in [1.54, 1.807) is 42.5 Å². The number of hydrogen-bond acceptors (Lipinski definition) is 4. The van der Waals surface area contributed by atoms with Crippen molar-refractivity contribution in [2.75, 3.05) is 6.61 Å². The molecular formula is C26H28O4. The lowest BCUT2D eigenvalue weighted by atomic mass is 9.81. The van der Waals surface area contributed by atoms with Gasteiger partial charge in [0, 0.05) is 6.08 Å². The van der Waals surface area contributed by atoms with Crippen LogP contribution in [0.4, 0.5) is 0 Å². The van der Waals surface area contributed by atoms with E-state index in [-0.39, 0.29) is 5.97 Å².